The Hall–Kier alpha value is -2.90. The van der Waals surface area contributed by atoms with E-state index in [1.165, 1.54) is 4.90 Å². The van der Waals surface area contributed by atoms with E-state index in [1.54, 1.807) is 55.6 Å². The summed E-state index contributed by atoms with van der Waals surface area (Å²) in [5.74, 6) is 0.175. The lowest BCUT2D eigenvalue weighted by Crippen LogP contribution is -2.46. The van der Waals surface area contributed by atoms with Crippen LogP contribution < -0.4 is 10.1 Å². The topological polar surface area (TPSA) is 88.1 Å². The predicted molar refractivity (Wildman–Crippen MR) is 98.7 cm³/mol. The second-order valence-corrected chi connectivity index (χ2v) is 6.04. The molecule has 2 aromatic rings. The van der Waals surface area contributed by atoms with Crippen LogP contribution in [0.2, 0.25) is 0 Å². The molecule has 2 aromatic carbocycles. The normalized spacial score (nSPS) is 15.9. The molecule has 7 heteroatoms. The molecule has 2 N–H and O–H groups in total. The zero-order valence-corrected chi connectivity index (χ0v) is 15.1. The number of benzene rings is 2. The molecule has 27 heavy (non-hydrogen) atoms. The lowest BCUT2D eigenvalue weighted by atomic mass is 10.00. The van der Waals surface area contributed by atoms with Crippen LogP contribution in [0.3, 0.4) is 0 Å². The SMILES string of the molecule is COCCNC(=O)C1c2ccccc2Oc2ccccc2C(=O)N1CCO. The van der Waals surface area contributed by atoms with E-state index in [2.05, 4.69) is 5.32 Å². The van der Waals surface area contributed by atoms with Crippen molar-refractivity contribution in [1.29, 1.82) is 0 Å². The van der Waals surface area contributed by atoms with Crippen LogP contribution in [0.25, 0.3) is 0 Å². The highest BCUT2D eigenvalue weighted by atomic mass is 16.5. The van der Waals surface area contributed by atoms with Crippen LogP contribution in [0, 0.1) is 0 Å². The van der Waals surface area contributed by atoms with E-state index in [0.717, 1.165) is 0 Å². The Bertz CT molecular complexity index is 824. The molecule has 3 rings (SSSR count). The minimum absolute atomic E-state index is 0.0177. The van der Waals surface area contributed by atoms with E-state index in [-0.39, 0.29) is 25.0 Å². The number of rotatable bonds is 6. The number of para-hydroxylation sites is 2. The van der Waals surface area contributed by atoms with Gasteiger partial charge in [-0.15, -0.1) is 0 Å². The first-order valence-electron chi connectivity index (χ1n) is 8.71. The number of nitrogens with zero attached hydrogens (tertiary/aromatic N) is 1. The van der Waals surface area contributed by atoms with Crippen molar-refractivity contribution in [3.05, 3.63) is 59.7 Å². The number of carbonyl (C=O) groups is 2. The molecule has 2 amide bonds. The molecule has 0 fully saturated rings. The van der Waals surface area contributed by atoms with Crippen molar-refractivity contribution in [2.75, 3.05) is 33.4 Å². The van der Waals surface area contributed by atoms with E-state index in [0.29, 0.717) is 35.8 Å². The third-order valence-corrected chi connectivity index (χ3v) is 4.32. The molecule has 1 aliphatic heterocycles. The van der Waals surface area contributed by atoms with Crippen LogP contribution >= 0.6 is 0 Å². The minimum Gasteiger partial charge on any atom is -0.456 e. The lowest BCUT2D eigenvalue weighted by Gasteiger charge is -2.34. The zero-order chi connectivity index (χ0) is 19.2. The van der Waals surface area contributed by atoms with Crippen LogP contribution in [0.15, 0.2) is 48.5 Å². The average Bonchev–Trinajstić information content (AvgIpc) is 2.68. The summed E-state index contributed by atoms with van der Waals surface area (Å²) in [6.07, 6.45) is 0. The second kappa shape index (κ2) is 8.66. The van der Waals surface area contributed by atoms with Crippen molar-refractivity contribution in [3.8, 4) is 11.5 Å². The quantitative estimate of drug-likeness (QED) is 0.756. The van der Waals surface area contributed by atoms with Gasteiger partial charge in [0.05, 0.1) is 18.8 Å². The van der Waals surface area contributed by atoms with Gasteiger partial charge >= 0.3 is 0 Å². The van der Waals surface area contributed by atoms with Gasteiger partial charge in [-0.25, -0.2) is 0 Å². The van der Waals surface area contributed by atoms with Crippen LogP contribution in [-0.2, 0) is 9.53 Å². The molecule has 0 radical (unpaired) electrons. The highest BCUT2D eigenvalue weighted by Crippen LogP contribution is 2.38. The smallest absolute Gasteiger partial charge is 0.258 e. The summed E-state index contributed by atoms with van der Waals surface area (Å²) in [5, 5.41) is 12.3. The Labute approximate surface area is 157 Å². The Morgan fingerprint density at radius 1 is 1.19 bits per heavy atom. The molecule has 1 heterocycles. The van der Waals surface area contributed by atoms with Crippen molar-refractivity contribution in [1.82, 2.24) is 10.2 Å². The predicted octanol–water partition coefficient (Wildman–Crippen LogP) is 1.73. The Kier molecular flexibility index (Phi) is 6.05. The van der Waals surface area contributed by atoms with Crippen LogP contribution in [0.5, 0.6) is 11.5 Å². The van der Waals surface area contributed by atoms with E-state index in [1.807, 2.05) is 0 Å². The number of nitrogens with one attached hydrogen (secondary N) is 1. The molecule has 1 unspecified atom stereocenters. The largest absolute Gasteiger partial charge is 0.456 e. The molecule has 0 saturated heterocycles. The van der Waals surface area contributed by atoms with E-state index in [4.69, 9.17) is 9.47 Å². The Morgan fingerprint density at radius 3 is 2.63 bits per heavy atom. The van der Waals surface area contributed by atoms with Crippen molar-refractivity contribution in [3.63, 3.8) is 0 Å². The van der Waals surface area contributed by atoms with E-state index < -0.39 is 6.04 Å². The number of carbonyl (C=O) groups excluding carboxylic acids is 2. The van der Waals surface area contributed by atoms with Crippen LogP contribution in [0.1, 0.15) is 22.0 Å². The molecule has 7 nitrogen and oxygen atoms in total. The van der Waals surface area contributed by atoms with Gasteiger partial charge in [0.25, 0.3) is 5.91 Å². The number of ether oxygens (including phenoxy) is 2. The maximum atomic E-state index is 13.2. The van der Waals surface area contributed by atoms with E-state index in [9.17, 15) is 14.7 Å². The fourth-order valence-electron chi connectivity index (χ4n) is 3.08. The summed E-state index contributed by atoms with van der Waals surface area (Å²) in [4.78, 5) is 27.5. The number of methoxy groups -OCH3 is 1. The number of hydrogen-bond donors (Lipinski definition) is 2. The first kappa shape index (κ1) is 18.9. The van der Waals surface area contributed by atoms with Crippen molar-refractivity contribution in [2.24, 2.45) is 0 Å². The third-order valence-electron chi connectivity index (χ3n) is 4.32. The average molecular weight is 370 g/mol. The standard InChI is InChI=1S/C20H22N2O5/c1-26-13-10-21-19(24)18-14-6-2-4-8-16(14)27-17-9-5-3-7-15(17)20(25)22(18)11-12-23/h2-9,18,23H,10-13H2,1H3,(H,21,24). The van der Waals surface area contributed by atoms with Gasteiger partial charge in [0, 0.05) is 25.8 Å². The fraction of sp³-hybridized carbons (Fsp3) is 0.300. The van der Waals surface area contributed by atoms with Crippen molar-refractivity contribution < 1.29 is 24.2 Å². The number of aliphatic hydroxyl groups is 1. The van der Waals surface area contributed by atoms with Gasteiger partial charge < -0.3 is 24.8 Å². The Morgan fingerprint density at radius 2 is 1.89 bits per heavy atom. The molecule has 1 aliphatic rings. The third kappa shape index (κ3) is 3.94. The van der Waals surface area contributed by atoms with Gasteiger partial charge in [-0.3, -0.25) is 9.59 Å². The first-order chi connectivity index (χ1) is 13.2. The van der Waals surface area contributed by atoms with Crippen molar-refractivity contribution >= 4 is 11.8 Å². The van der Waals surface area contributed by atoms with Crippen molar-refractivity contribution in [2.45, 2.75) is 6.04 Å². The highest BCUT2D eigenvalue weighted by Gasteiger charge is 2.36. The molecule has 142 valence electrons. The van der Waals surface area contributed by atoms with Gasteiger partial charge in [0.1, 0.15) is 17.5 Å². The highest BCUT2D eigenvalue weighted by molar-refractivity contribution is 6.00. The maximum absolute atomic E-state index is 13.2. The fourth-order valence-corrected chi connectivity index (χ4v) is 3.08. The van der Waals surface area contributed by atoms with E-state index >= 15 is 0 Å². The Balaban J connectivity index is 2.09. The van der Waals surface area contributed by atoms with Gasteiger partial charge in [-0.1, -0.05) is 30.3 Å². The summed E-state index contributed by atoms with van der Waals surface area (Å²) in [6, 6.07) is 13.0. The van der Waals surface area contributed by atoms with Gasteiger partial charge in [0.2, 0.25) is 5.91 Å². The zero-order valence-electron chi connectivity index (χ0n) is 15.1. The summed E-state index contributed by atoms with van der Waals surface area (Å²) >= 11 is 0. The molecular weight excluding hydrogens is 348 g/mol. The summed E-state index contributed by atoms with van der Waals surface area (Å²) in [7, 11) is 1.55. The summed E-state index contributed by atoms with van der Waals surface area (Å²) in [5.41, 5.74) is 0.902. The monoisotopic (exact) mass is 370 g/mol. The molecule has 0 spiro atoms. The number of β-amino-alcohol motifs (C(OH)–C–C–N with tert-alkyl or cyclic N) is 1. The second-order valence-electron chi connectivity index (χ2n) is 6.04. The molecule has 0 aromatic heterocycles. The van der Waals surface area contributed by atoms with Crippen LogP contribution in [-0.4, -0.2) is 55.2 Å². The first-order valence-corrected chi connectivity index (χ1v) is 8.71. The van der Waals surface area contributed by atoms with Gasteiger partial charge in [-0.2, -0.15) is 0 Å². The summed E-state index contributed by atoms with van der Waals surface area (Å²) in [6.45, 7) is 0.419. The molecule has 0 bridgehead atoms. The number of hydrogen-bond acceptors (Lipinski definition) is 5. The number of aliphatic hydroxyl groups excluding tert-OH is 1. The molecule has 1 atom stereocenters. The molecule has 0 saturated carbocycles. The maximum Gasteiger partial charge on any atom is 0.258 e. The van der Waals surface area contributed by atoms with Gasteiger partial charge in [0.15, 0.2) is 0 Å². The number of fused-ring (bicyclic) bond motifs is 2. The molecular formula is C20H22N2O5. The number of amides is 2. The minimum atomic E-state index is -0.925. The molecule has 0 aliphatic carbocycles. The van der Waals surface area contributed by atoms with Gasteiger partial charge in [-0.05, 0) is 18.2 Å². The lowest BCUT2D eigenvalue weighted by molar-refractivity contribution is -0.126. The van der Waals surface area contributed by atoms with Crippen LogP contribution in [0.4, 0.5) is 0 Å². The summed E-state index contributed by atoms with van der Waals surface area (Å²) < 4.78 is 10.9.